The lowest BCUT2D eigenvalue weighted by molar-refractivity contribution is -0.126. The smallest absolute Gasteiger partial charge is 0.240 e. The van der Waals surface area contributed by atoms with Crippen molar-refractivity contribution < 1.29 is 17.9 Å². The van der Waals surface area contributed by atoms with Gasteiger partial charge in [0.2, 0.25) is 15.9 Å². The topological polar surface area (TPSA) is 141 Å². The SMILES string of the molecule is C.CC(C)(N)C(=O)N[C@H](COCc1ccccc1)c1nnc2cccc(CNS(C)(=O)=O)n12. The van der Waals surface area contributed by atoms with Crippen LogP contribution in [0.3, 0.4) is 0 Å². The molecule has 0 bridgehead atoms. The van der Waals surface area contributed by atoms with Crippen molar-refractivity contribution in [2.45, 2.75) is 46.0 Å². The van der Waals surface area contributed by atoms with Crippen molar-refractivity contribution >= 4 is 21.6 Å². The second kappa shape index (κ2) is 10.8. The molecule has 1 amide bonds. The zero-order valence-corrected chi connectivity index (χ0v) is 19.1. The van der Waals surface area contributed by atoms with E-state index in [0.29, 0.717) is 23.8 Å². The molecule has 0 fully saturated rings. The van der Waals surface area contributed by atoms with Gasteiger partial charge in [0.1, 0.15) is 6.04 Å². The highest BCUT2D eigenvalue weighted by atomic mass is 32.2. The van der Waals surface area contributed by atoms with E-state index in [1.165, 1.54) is 0 Å². The number of carbonyl (C=O) groups excluding carboxylic acids is 1. The Hall–Kier alpha value is -2.86. The fourth-order valence-corrected chi connectivity index (χ4v) is 3.40. The summed E-state index contributed by atoms with van der Waals surface area (Å²) in [7, 11) is -3.41. The second-order valence-electron chi connectivity index (χ2n) is 8.11. The molecular formula is C22H32N6O4S. The predicted octanol–water partition coefficient (Wildman–Crippen LogP) is 1.53. The van der Waals surface area contributed by atoms with Crippen molar-refractivity contribution in [3.05, 3.63) is 65.6 Å². The molecule has 3 aromatic rings. The van der Waals surface area contributed by atoms with Crippen LogP contribution in [-0.4, -0.2) is 47.3 Å². The first-order chi connectivity index (χ1) is 15.0. The van der Waals surface area contributed by atoms with Crippen LogP contribution in [0.4, 0.5) is 0 Å². The summed E-state index contributed by atoms with van der Waals surface area (Å²) in [5.74, 6) is 0.0332. The van der Waals surface area contributed by atoms with Gasteiger partial charge >= 0.3 is 0 Å². The molecule has 2 aromatic heterocycles. The van der Waals surface area contributed by atoms with Gasteiger partial charge in [-0.25, -0.2) is 13.1 Å². The summed E-state index contributed by atoms with van der Waals surface area (Å²) in [6, 6.07) is 14.2. The molecule has 4 N–H and O–H groups in total. The zero-order valence-electron chi connectivity index (χ0n) is 18.3. The number of hydrogen-bond donors (Lipinski definition) is 3. The van der Waals surface area contributed by atoms with E-state index in [9.17, 15) is 13.2 Å². The summed E-state index contributed by atoms with van der Waals surface area (Å²) < 4.78 is 33.2. The van der Waals surface area contributed by atoms with Gasteiger partial charge in [0.25, 0.3) is 0 Å². The van der Waals surface area contributed by atoms with Gasteiger partial charge in [0.15, 0.2) is 11.5 Å². The normalized spacial score (nSPS) is 12.8. The Morgan fingerprint density at radius 1 is 1.15 bits per heavy atom. The Morgan fingerprint density at radius 2 is 1.85 bits per heavy atom. The van der Waals surface area contributed by atoms with Gasteiger partial charge in [-0.05, 0) is 31.5 Å². The summed E-state index contributed by atoms with van der Waals surface area (Å²) in [4.78, 5) is 12.6. The maximum Gasteiger partial charge on any atom is 0.240 e. The van der Waals surface area contributed by atoms with Gasteiger partial charge in [0.05, 0.1) is 31.6 Å². The minimum absolute atomic E-state index is 0. The second-order valence-corrected chi connectivity index (χ2v) is 9.94. The standard InChI is InChI=1S/C21H28N6O4S.CH4/c1-21(2,22)20(28)24-17(14-31-13-15-8-5-4-6-9-15)19-26-25-18-11-7-10-16(27(18)19)12-23-32(3,29)30;/h4-11,17,23H,12-14,22H2,1-3H3,(H,24,28);1H4/t17-;/m1./s1. The molecule has 0 spiro atoms. The maximum absolute atomic E-state index is 12.6. The number of hydrogen-bond acceptors (Lipinski definition) is 7. The van der Waals surface area contributed by atoms with E-state index in [1.807, 2.05) is 30.3 Å². The number of rotatable bonds is 10. The fraction of sp³-hybridized carbons (Fsp3) is 0.409. The predicted molar refractivity (Wildman–Crippen MR) is 127 cm³/mol. The van der Waals surface area contributed by atoms with E-state index in [-0.39, 0.29) is 26.5 Å². The molecular weight excluding hydrogens is 444 g/mol. The number of amides is 1. The van der Waals surface area contributed by atoms with Gasteiger partial charge in [0, 0.05) is 5.69 Å². The number of nitrogens with one attached hydrogen (secondary N) is 2. The number of nitrogens with two attached hydrogens (primary N) is 1. The van der Waals surface area contributed by atoms with Crippen LogP contribution < -0.4 is 15.8 Å². The van der Waals surface area contributed by atoms with E-state index in [2.05, 4.69) is 20.2 Å². The van der Waals surface area contributed by atoms with Gasteiger partial charge < -0.3 is 15.8 Å². The van der Waals surface area contributed by atoms with Crippen molar-refractivity contribution in [1.29, 1.82) is 0 Å². The first-order valence-corrected chi connectivity index (χ1v) is 11.9. The number of sulfonamides is 1. The Kier molecular flexibility index (Phi) is 8.67. The van der Waals surface area contributed by atoms with Crippen LogP contribution in [-0.2, 0) is 32.7 Å². The number of ether oxygens (including phenoxy) is 1. The minimum atomic E-state index is -3.41. The third-order valence-corrected chi connectivity index (χ3v) is 5.32. The number of pyridine rings is 1. The maximum atomic E-state index is 12.6. The van der Waals surface area contributed by atoms with Crippen molar-refractivity contribution in [3.8, 4) is 0 Å². The van der Waals surface area contributed by atoms with Gasteiger partial charge in [-0.2, -0.15) is 0 Å². The van der Waals surface area contributed by atoms with E-state index in [0.717, 1.165) is 11.8 Å². The molecule has 33 heavy (non-hydrogen) atoms. The Balaban J connectivity index is 0.00000385. The lowest BCUT2D eigenvalue weighted by Gasteiger charge is -2.24. The fourth-order valence-electron chi connectivity index (χ4n) is 2.99. The van der Waals surface area contributed by atoms with Crippen molar-refractivity contribution in [2.24, 2.45) is 5.73 Å². The molecule has 1 aromatic carbocycles. The third-order valence-electron chi connectivity index (χ3n) is 4.65. The van der Waals surface area contributed by atoms with Crippen molar-refractivity contribution in [2.75, 3.05) is 12.9 Å². The zero-order chi connectivity index (χ0) is 23.4. The van der Waals surface area contributed by atoms with Crippen LogP contribution in [0.5, 0.6) is 0 Å². The number of nitrogens with zero attached hydrogens (tertiary/aromatic N) is 3. The molecule has 2 heterocycles. The lowest BCUT2D eigenvalue weighted by atomic mass is 10.1. The first-order valence-electron chi connectivity index (χ1n) is 10.0. The van der Waals surface area contributed by atoms with E-state index in [4.69, 9.17) is 10.5 Å². The molecule has 0 aliphatic heterocycles. The average molecular weight is 477 g/mol. The highest BCUT2D eigenvalue weighted by molar-refractivity contribution is 7.88. The van der Waals surface area contributed by atoms with Crippen LogP contribution in [0.15, 0.2) is 48.5 Å². The number of benzene rings is 1. The molecule has 180 valence electrons. The third kappa shape index (κ3) is 7.32. The van der Waals surface area contributed by atoms with Gasteiger partial charge in [-0.1, -0.05) is 43.8 Å². The van der Waals surface area contributed by atoms with Crippen LogP contribution in [0.1, 0.15) is 44.4 Å². The van der Waals surface area contributed by atoms with Crippen LogP contribution in [0.25, 0.3) is 5.65 Å². The Labute approximate surface area is 194 Å². The summed E-state index contributed by atoms with van der Waals surface area (Å²) in [5, 5.41) is 11.3. The molecule has 0 aliphatic rings. The molecule has 10 nitrogen and oxygen atoms in total. The number of fused-ring (bicyclic) bond motifs is 1. The Morgan fingerprint density at radius 3 is 2.48 bits per heavy atom. The number of aromatic nitrogens is 3. The van der Waals surface area contributed by atoms with Gasteiger partial charge in [-0.15, -0.1) is 10.2 Å². The molecule has 0 unspecified atom stereocenters. The molecule has 0 aliphatic carbocycles. The van der Waals surface area contributed by atoms with Crippen LogP contribution in [0, 0.1) is 0 Å². The highest BCUT2D eigenvalue weighted by Gasteiger charge is 2.28. The molecule has 0 saturated heterocycles. The largest absolute Gasteiger partial charge is 0.374 e. The molecule has 11 heteroatoms. The molecule has 0 radical (unpaired) electrons. The average Bonchev–Trinajstić information content (AvgIpc) is 3.15. The summed E-state index contributed by atoms with van der Waals surface area (Å²) >= 11 is 0. The van der Waals surface area contributed by atoms with E-state index in [1.54, 1.807) is 36.4 Å². The van der Waals surface area contributed by atoms with Crippen LogP contribution in [0.2, 0.25) is 0 Å². The minimum Gasteiger partial charge on any atom is -0.374 e. The van der Waals surface area contributed by atoms with Gasteiger partial charge in [-0.3, -0.25) is 9.20 Å². The van der Waals surface area contributed by atoms with Crippen molar-refractivity contribution in [3.63, 3.8) is 0 Å². The van der Waals surface area contributed by atoms with Crippen molar-refractivity contribution in [1.82, 2.24) is 24.6 Å². The highest BCUT2D eigenvalue weighted by Crippen LogP contribution is 2.18. The number of carbonyl (C=O) groups is 1. The summed E-state index contributed by atoms with van der Waals surface area (Å²) in [6.45, 7) is 3.71. The summed E-state index contributed by atoms with van der Waals surface area (Å²) in [6.07, 6.45) is 1.09. The molecule has 1 atom stereocenters. The summed E-state index contributed by atoms with van der Waals surface area (Å²) in [5.41, 5.74) is 6.97. The molecule has 0 saturated carbocycles. The molecule has 3 rings (SSSR count). The quantitative estimate of drug-likeness (QED) is 0.403. The Bertz CT molecular complexity index is 1170. The van der Waals surface area contributed by atoms with E-state index >= 15 is 0 Å². The monoisotopic (exact) mass is 476 g/mol. The lowest BCUT2D eigenvalue weighted by Crippen LogP contribution is -2.51. The van der Waals surface area contributed by atoms with Crippen LogP contribution >= 0.6 is 0 Å². The van der Waals surface area contributed by atoms with E-state index < -0.39 is 21.6 Å². The first kappa shape index (κ1) is 26.4.